The number of hydrogen-bond donors (Lipinski definition) is 4. The van der Waals surface area contributed by atoms with Crippen molar-refractivity contribution < 1.29 is 32.4 Å². The van der Waals surface area contributed by atoms with E-state index in [0.29, 0.717) is 32.2 Å². The van der Waals surface area contributed by atoms with E-state index in [1.165, 1.54) is 0 Å². The number of nitrogens with one attached hydrogen (secondary N) is 4. The molecule has 12 nitrogen and oxygen atoms in total. The van der Waals surface area contributed by atoms with Gasteiger partial charge in [-0.05, 0) is 87.9 Å². The van der Waals surface area contributed by atoms with Crippen molar-refractivity contribution in [2.75, 3.05) is 12.3 Å². The number of sulfone groups is 1. The fourth-order valence-electron chi connectivity index (χ4n) is 8.43. The summed E-state index contributed by atoms with van der Waals surface area (Å²) < 4.78 is 25.7. The average molecular weight is 718 g/mol. The highest BCUT2D eigenvalue weighted by Crippen LogP contribution is 2.65. The zero-order valence-electron chi connectivity index (χ0n) is 31.2. The number of fused-ring (bicyclic) bond motifs is 1. The molecular formula is C37H59N5O7S. The molecule has 4 aliphatic carbocycles. The molecule has 5 amide bonds. The third kappa shape index (κ3) is 7.35. The molecule has 280 valence electrons. The molecule has 50 heavy (non-hydrogen) atoms. The Labute approximate surface area is 298 Å². The predicted molar refractivity (Wildman–Crippen MR) is 190 cm³/mol. The van der Waals surface area contributed by atoms with Crippen molar-refractivity contribution >= 4 is 39.4 Å². The van der Waals surface area contributed by atoms with Crippen LogP contribution in [0.5, 0.6) is 0 Å². The summed E-state index contributed by atoms with van der Waals surface area (Å²) in [5, 5.41) is 11.6. The standard InChI is InChI=1S/C37H59N5O7S/c1-10-14-22-19-37(22,28(43)30(45)38-23-15-16-23)40-29(44)26-25-24(35(25,8)9)20-42(26)31(46)27(33(2,3)4)39-32(47)41-36(17-12-11-13-18-36)21-50(48,49)34(5,6)7/h10,22-27H,1,11-21H2,2-9H3,(H,38,45)(H,40,44)(H2,39,41,47)/t22?,24?,25?,26-,27+,37?/m0/s1. The smallest absolute Gasteiger partial charge is 0.315 e. The van der Waals surface area contributed by atoms with Gasteiger partial charge in [0.15, 0.2) is 9.84 Å². The molecule has 1 saturated heterocycles. The summed E-state index contributed by atoms with van der Waals surface area (Å²) in [6, 6.07) is -2.55. The average Bonchev–Trinajstić information content (AvgIpc) is 3.94. The normalized spacial score (nSPS) is 30.3. The SMILES string of the molecule is C=CCC1CC1(NC(=O)[C@@H]1C2C(CN1C(=O)[C@@H](NC(=O)NC1(CS(=O)(=O)C(C)(C)C)CCCCC1)C(C)(C)C)C2(C)C)C(=O)C(=O)NC1CC1. The van der Waals surface area contributed by atoms with Crippen LogP contribution in [0.15, 0.2) is 12.7 Å². The minimum atomic E-state index is -3.57. The Bertz CT molecular complexity index is 1530. The molecule has 0 aromatic rings. The number of carbonyl (C=O) groups excluding carboxylic acids is 5. The van der Waals surface area contributed by atoms with Crippen molar-refractivity contribution in [3.63, 3.8) is 0 Å². The number of hydrogen-bond acceptors (Lipinski definition) is 7. The largest absolute Gasteiger partial charge is 0.347 e. The number of amides is 5. The maximum Gasteiger partial charge on any atom is 0.315 e. The third-order valence-electron chi connectivity index (χ3n) is 12.2. The Morgan fingerprint density at radius 3 is 2.12 bits per heavy atom. The van der Waals surface area contributed by atoms with Gasteiger partial charge < -0.3 is 26.2 Å². The predicted octanol–water partition coefficient (Wildman–Crippen LogP) is 3.40. The molecule has 5 fully saturated rings. The van der Waals surface area contributed by atoms with Crippen molar-refractivity contribution in [3.05, 3.63) is 12.7 Å². The number of piperidine rings is 1. The molecule has 0 spiro atoms. The highest BCUT2D eigenvalue weighted by atomic mass is 32.2. The third-order valence-corrected chi connectivity index (χ3v) is 15.0. The number of likely N-dealkylation sites (tertiary alicyclic amines) is 1. The van der Waals surface area contributed by atoms with E-state index in [0.717, 1.165) is 32.1 Å². The van der Waals surface area contributed by atoms with Crippen molar-refractivity contribution in [1.82, 2.24) is 26.2 Å². The van der Waals surface area contributed by atoms with Crippen LogP contribution in [-0.2, 0) is 29.0 Å². The molecule has 4 N–H and O–H groups in total. The van der Waals surface area contributed by atoms with E-state index in [9.17, 15) is 32.4 Å². The summed E-state index contributed by atoms with van der Waals surface area (Å²) in [5.74, 6) is -2.81. The lowest BCUT2D eigenvalue weighted by Gasteiger charge is -2.41. The van der Waals surface area contributed by atoms with Crippen LogP contribution in [0.4, 0.5) is 4.79 Å². The first-order chi connectivity index (χ1) is 23.0. The van der Waals surface area contributed by atoms with Crippen molar-refractivity contribution in [3.8, 4) is 0 Å². The second-order valence-corrected chi connectivity index (χ2v) is 21.2. The molecule has 0 radical (unpaired) electrons. The van der Waals surface area contributed by atoms with Gasteiger partial charge in [-0.3, -0.25) is 19.2 Å². The van der Waals surface area contributed by atoms with E-state index in [-0.39, 0.29) is 35.0 Å². The quantitative estimate of drug-likeness (QED) is 0.177. The summed E-state index contributed by atoms with van der Waals surface area (Å²) in [7, 11) is -3.57. The molecule has 0 bridgehead atoms. The molecule has 0 aromatic heterocycles. The van der Waals surface area contributed by atoms with Gasteiger partial charge in [-0.2, -0.15) is 0 Å². The van der Waals surface area contributed by atoms with Crippen LogP contribution < -0.4 is 21.3 Å². The van der Waals surface area contributed by atoms with Gasteiger partial charge in [0.05, 0.1) is 16.0 Å². The van der Waals surface area contributed by atoms with E-state index in [1.807, 2.05) is 20.8 Å². The van der Waals surface area contributed by atoms with Crippen LogP contribution >= 0.6 is 0 Å². The Morgan fingerprint density at radius 2 is 1.58 bits per heavy atom. The molecule has 4 saturated carbocycles. The second kappa shape index (κ2) is 12.9. The highest BCUT2D eigenvalue weighted by Gasteiger charge is 2.71. The van der Waals surface area contributed by atoms with Gasteiger partial charge in [-0.15, -0.1) is 6.58 Å². The maximum atomic E-state index is 14.5. The van der Waals surface area contributed by atoms with E-state index < -0.39 is 72.7 Å². The van der Waals surface area contributed by atoms with E-state index in [1.54, 1.807) is 31.7 Å². The van der Waals surface area contributed by atoms with Crippen LogP contribution in [-0.4, -0.2) is 89.1 Å². The number of rotatable bonds is 12. The lowest BCUT2D eigenvalue weighted by molar-refractivity contribution is -0.146. The van der Waals surface area contributed by atoms with Gasteiger partial charge in [0.1, 0.15) is 17.6 Å². The zero-order valence-corrected chi connectivity index (χ0v) is 32.1. The van der Waals surface area contributed by atoms with Crippen LogP contribution in [0.3, 0.4) is 0 Å². The molecule has 5 aliphatic rings. The Morgan fingerprint density at radius 1 is 0.960 bits per heavy atom. The fraction of sp³-hybridized carbons (Fsp3) is 0.811. The first kappa shape index (κ1) is 38.3. The summed E-state index contributed by atoms with van der Waals surface area (Å²) >= 11 is 0. The van der Waals surface area contributed by atoms with Gasteiger partial charge in [-0.1, -0.05) is 60.0 Å². The lowest BCUT2D eigenvalue weighted by Crippen LogP contribution is -2.64. The minimum absolute atomic E-state index is 0.0123. The summed E-state index contributed by atoms with van der Waals surface area (Å²) in [5.41, 5.74) is -3.28. The number of ketones is 1. The number of allylic oxidation sites excluding steroid dienone is 1. The Kier molecular flexibility index (Phi) is 9.89. The molecule has 1 aliphatic heterocycles. The molecule has 0 aromatic carbocycles. The van der Waals surface area contributed by atoms with Crippen LogP contribution in [0.25, 0.3) is 0 Å². The van der Waals surface area contributed by atoms with Crippen molar-refractivity contribution in [2.24, 2.45) is 28.6 Å². The van der Waals surface area contributed by atoms with Crippen molar-refractivity contribution in [1.29, 1.82) is 0 Å². The van der Waals surface area contributed by atoms with Gasteiger partial charge in [0, 0.05) is 12.6 Å². The highest BCUT2D eigenvalue weighted by molar-refractivity contribution is 7.92. The van der Waals surface area contributed by atoms with E-state index >= 15 is 0 Å². The number of carbonyl (C=O) groups is 5. The second-order valence-electron chi connectivity index (χ2n) is 18.5. The first-order valence-corrected chi connectivity index (χ1v) is 20.0. The van der Waals surface area contributed by atoms with Gasteiger partial charge in [0.25, 0.3) is 5.91 Å². The fourth-order valence-corrected chi connectivity index (χ4v) is 9.95. The molecule has 6 atom stereocenters. The summed E-state index contributed by atoms with van der Waals surface area (Å²) in [6.45, 7) is 18.7. The van der Waals surface area contributed by atoms with Gasteiger partial charge >= 0.3 is 6.03 Å². The summed E-state index contributed by atoms with van der Waals surface area (Å²) in [4.78, 5) is 70.6. The van der Waals surface area contributed by atoms with Crippen LogP contribution in [0, 0.1) is 28.6 Å². The molecular weight excluding hydrogens is 659 g/mol. The Hall–Kier alpha value is -2.96. The van der Waals surface area contributed by atoms with Gasteiger partial charge in [0.2, 0.25) is 17.6 Å². The first-order valence-electron chi connectivity index (χ1n) is 18.4. The topological polar surface area (TPSA) is 171 Å². The van der Waals surface area contributed by atoms with Gasteiger partial charge in [-0.25, -0.2) is 13.2 Å². The molecule has 4 unspecified atom stereocenters. The summed E-state index contributed by atoms with van der Waals surface area (Å²) in [6.07, 6.45) is 7.65. The zero-order chi connectivity index (χ0) is 37.2. The monoisotopic (exact) mass is 717 g/mol. The van der Waals surface area contributed by atoms with Crippen LogP contribution in [0.1, 0.15) is 113 Å². The maximum absolute atomic E-state index is 14.5. The molecule has 1 heterocycles. The number of Topliss-reactive ketones (excluding diaryl/α,β-unsaturated/α-hetero) is 1. The molecule has 13 heteroatoms. The number of nitrogens with zero attached hydrogens (tertiary/aromatic N) is 1. The minimum Gasteiger partial charge on any atom is -0.347 e. The lowest BCUT2D eigenvalue weighted by atomic mass is 9.83. The van der Waals surface area contributed by atoms with Crippen molar-refractivity contribution in [2.45, 2.75) is 147 Å². The van der Waals surface area contributed by atoms with E-state index in [4.69, 9.17) is 0 Å². The van der Waals surface area contributed by atoms with Crippen LogP contribution in [0.2, 0.25) is 0 Å². The Balaban J connectivity index is 1.36. The molecule has 5 rings (SSSR count). The van der Waals surface area contributed by atoms with E-state index in [2.05, 4.69) is 41.7 Å². The number of urea groups is 1.